The number of amides is 1. The second-order valence-electron chi connectivity index (χ2n) is 8.37. The molecule has 5 nitrogen and oxygen atoms in total. The van der Waals surface area contributed by atoms with Gasteiger partial charge >= 0.3 is 0 Å². The Morgan fingerprint density at radius 1 is 0.867 bits per heavy atom. The summed E-state index contributed by atoms with van der Waals surface area (Å²) in [6, 6.07) is 16.7. The standard InChI is InChI=1S/C25H24N2O3/c28-25(21-8-7-19-6-5-18-2-1-3-20(21)24(18)19)27-12-10-26(11-13-27)15-17-4-9-22-23(14-17)30-16-29-22/h1-4,7-9,14H,5-6,10-13,15-16H2. The van der Waals surface area contributed by atoms with Crippen molar-refractivity contribution in [3.05, 3.63) is 70.8 Å². The van der Waals surface area contributed by atoms with E-state index in [1.807, 2.05) is 17.0 Å². The first-order valence-corrected chi connectivity index (χ1v) is 10.7. The van der Waals surface area contributed by atoms with E-state index in [4.69, 9.17) is 9.47 Å². The lowest BCUT2D eigenvalue weighted by Crippen LogP contribution is -2.48. The number of benzene rings is 3. The molecule has 3 aromatic rings. The van der Waals surface area contributed by atoms with Crippen LogP contribution in [-0.4, -0.2) is 48.7 Å². The minimum atomic E-state index is 0.160. The molecule has 6 rings (SSSR count). The van der Waals surface area contributed by atoms with E-state index in [2.05, 4.69) is 41.3 Å². The quantitative estimate of drug-likeness (QED) is 0.673. The second-order valence-corrected chi connectivity index (χ2v) is 8.37. The maximum atomic E-state index is 13.3. The van der Waals surface area contributed by atoms with E-state index in [1.165, 1.54) is 22.1 Å². The molecule has 2 heterocycles. The smallest absolute Gasteiger partial charge is 0.254 e. The van der Waals surface area contributed by atoms with E-state index in [1.54, 1.807) is 0 Å². The molecule has 152 valence electrons. The van der Waals surface area contributed by atoms with Crippen molar-refractivity contribution in [1.82, 2.24) is 9.80 Å². The molecule has 3 aromatic carbocycles. The van der Waals surface area contributed by atoms with E-state index in [9.17, 15) is 4.79 Å². The lowest BCUT2D eigenvalue weighted by atomic mass is 9.99. The number of fused-ring (bicyclic) bond motifs is 1. The number of carbonyl (C=O) groups is 1. The zero-order chi connectivity index (χ0) is 20.1. The Bertz CT molecular complexity index is 1140. The van der Waals surface area contributed by atoms with E-state index in [0.717, 1.165) is 68.0 Å². The highest BCUT2D eigenvalue weighted by atomic mass is 16.7. The zero-order valence-electron chi connectivity index (χ0n) is 16.9. The highest BCUT2D eigenvalue weighted by Crippen LogP contribution is 2.34. The molecule has 0 unspecified atom stereocenters. The largest absolute Gasteiger partial charge is 0.454 e. The van der Waals surface area contributed by atoms with Gasteiger partial charge in [-0.3, -0.25) is 9.69 Å². The normalized spacial score (nSPS) is 17.7. The van der Waals surface area contributed by atoms with Gasteiger partial charge in [-0.15, -0.1) is 0 Å². The molecule has 3 aliphatic rings. The van der Waals surface area contributed by atoms with Gasteiger partial charge in [0, 0.05) is 38.3 Å². The van der Waals surface area contributed by atoms with Gasteiger partial charge in [-0.05, 0) is 58.5 Å². The first kappa shape index (κ1) is 17.8. The third-order valence-corrected chi connectivity index (χ3v) is 6.61. The number of piperazine rings is 1. The summed E-state index contributed by atoms with van der Waals surface area (Å²) in [7, 11) is 0. The summed E-state index contributed by atoms with van der Waals surface area (Å²) in [4.78, 5) is 17.7. The molecule has 0 saturated carbocycles. The van der Waals surface area contributed by atoms with Gasteiger partial charge in [0.1, 0.15) is 0 Å². The molecule has 5 heteroatoms. The van der Waals surface area contributed by atoms with Crippen LogP contribution in [0.4, 0.5) is 0 Å². The Morgan fingerprint density at radius 2 is 1.67 bits per heavy atom. The Morgan fingerprint density at radius 3 is 2.53 bits per heavy atom. The summed E-state index contributed by atoms with van der Waals surface area (Å²) in [5.74, 6) is 1.81. The zero-order valence-corrected chi connectivity index (χ0v) is 16.9. The van der Waals surface area contributed by atoms with Crippen LogP contribution in [0.25, 0.3) is 10.8 Å². The predicted molar refractivity (Wildman–Crippen MR) is 115 cm³/mol. The summed E-state index contributed by atoms with van der Waals surface area (Å²) >= 11 is 0. The molecule has 1 aliphatic carbocycles. The summed E-state index contributed by atoms with van der Waals surface area (Å²) in [6.45, 7) is 4.43. The van der Waals surface area contributed by atoms with Crippen molar-refractivity contribution in [2.24, 2.45) is 0 Å². The van der Waals surface area contributed by atoms with Gasteiger partial charge in [-0.1, -0.05) is 30.3 Å². The van der Waals surface area contributed by atoms with E-state index in [-0.39, 0.29) is 5.91 Å². The molecule has 0 bridgehead atoms. The number of carbonyl (C=O) groups excluding carboxylic acids is 1. The number of rotatable bonds is 3. The van der Waals surface area contributed by atoms with Crippen LogP contribution >= 0.6 is 0 Å². The first-order valence-electron chi connectivity index (χ1n) is 10.7. The van der Waals surface area contributed by atoms with Crippen molar-refractivity contribution in [3.63, 3.8) is 0 Å². The molecule has 1 amide bonds. The molecular weight excluding hydrogens is 376 g/mol. The fraction of sp³-hybridized carbons (Fsp3) is 0.320. The highest BCUT2D eigenvalue weighted by Gasteiger charge is 2.25. The number of nitrogens with zero attached hydrogens (tertiary/aromatic N) is 2. The topological polar surface area (TPSA) is 42.0 Å². The second kappa shape index (κ2) is 7.03. The third-order valence-electron chi connectivity index (χ3n) is 6.61. The van der Waals surface area contributed by atoms with Crippen molar-refractivity contribution >= 4 is 16.7 Å². The summed E-state index contributed by atoms with van der Waals surface area (Å²) in [6.07, 6.45) is 2.17. The maximum absolute atomic E-state index is 13.3. The average Bonchev–Trinajstić information content (AvgIpc) is 3.42. The van der Waals surface area contributed by atoms with Gasteiger partial charge in [0.05, 0.1) is 0 Å². The van der Waals surface area contributed by atoms with Crippen molar-refractivity contribution in [2.45, 2.75) is 19.4 Å². The lowest BCUT2D eigenvalue weighted by molar-refractivity contribution is 0.0630. The SMILES string of the molecule is O=C(c1ccc2c3c(cccc13)CC2)N1CCN(Cc2ccc3c(c2)OCO3)CC1. The molecule has 0 spiro atoms. The van der Waals surface area contributed by atoms with Gasteiger partial charge in [0.25, 0.3) is 5.91 Å². The van der Waals surface area contributed by atoms with Crippen LogP contribution in [0.3, 0.4) is 0 Å². The Labute approximate surface area is 175 Å². The molecule has 2 aliphatic heterocycles. The molecule has 30 heavy (non-hydrogen) atoms. The van der Waals surface area contributed by atoms with Crippen molar-refractivity contribution in [1.29, 1.82) is 0 Å². The predicted octanol–water partition coefficient (Wildman–Crippen LogP) is 3.63. The van der Waals surface area contributed by atoms with Crippen LogP contribution in [0, 0.1) is 0 Å². The molecule has 0 aromatic heterocycles. The first-order chi connectivity index (χ1) is 14.8. The number of hydrogen-bond acceptors (Lipinski definition) is 4. The van der Waals surface area contributed by atoms with Crippen molar-refractivity contribution in [2.75, 3.05) is 33.0 Å². The van der Waals surface area contributed by atoms with Crippen molar-refractivity contribution < 1.29 is 14.3 Å². The summed E-state index contributed by atoms with van der Waals surface area (Å²) < 4.78 is 10.9. The highest BCUT2D eigenvalue weighted by molar-refractivity contribution is 6.09. The fourth-order valence-electron chi connectivity index (χ4n) is 5.01. The Kier molecular flexibility index (Phi) is 4.16. The van der Waals surface area contributed by atoms with Crippen LogP contribution in [0.1, 0.15) is 27.0 Å². The van der Waals surface area contributed by atoms with Crippen LogP contribution in [-0.2, 0) is 19.4 Å². The van der Waals surface area contributed by atoms with Gasteiger partial charge in [0.15, 0.2) is 11.5 Å². The molecular formula is C25H24N2O3. The van der Waals surface area contributed by atoms with Crippen LogP contribution in [0.2, 0.25) is 0 Å². The molecule has 0 N–H and O–H groups in total. The molecule has 0 radical (unpaired) electrons. The van der Waals surface area contributed by atoms with Gasteiger partial charge in [0.2, 0.25) is 6.79 Å². The fourth-order valence-corrected chi connectivity index (χ4v) is 5.01. The summed E-state index contributed by atoms with van der Waals surface area (Å²) in [5.41, 5.74) is 4.82. The monoisotopic (exact) mass is 400 g/mol. The summed E-state index contributed by atoms with van der Waals surface area (Å²) in [5, 5.41) is 2.43. The molecule has 0 atom stereocenters. The number of hydrogen-bond donors (Lipinski definition) is 0. The van der Waals surface area contributed by atoms with Gasteiger partial charge in [-0.25, -0.2) is 0 Å². The average molecular weight is 400 g/mol. The lowest BCUT2D eigenvalue weighted by Gasteiger charge is -2.35. The van der Waals surface area contributed by atoms with Crippen LogP contribution in [0.5, 0.6) is 11.5 Å². The van der Waals surface area contributed by atoms with Crippen LogP contribution < -0.4 is 9.47 Å². The Balaban J connectivity index is 1.16. The maximum Gasteiger partial charge on any atom is 0.254 e. The third kappa shape index (κ3) is 2.92. The van der Waals surface area contributed by atoms with E-state index >= 15 is 0 Å². The van der Waals surface area contributed by atoms with E-state index in [0.29, 0.717) is 6.79 Å². The van der Waals surface area contributed by atoms with Crippen LogP contribution in [0.15, 0.2) is 48.5 Å². The molecule has 1 fully saturated rings. The Hall–Kier alpha value is -3.05. The van der Waals surface area contributed by atoms with E-state index < -0.39 is 0 Å². The van der Waals surface area contributed by atoms with Gasteiger partial charge in [-0.2, -0.15) is 0 Å². The number of ether oxygens (including phenoxy) is 2. The van der Waals surface area contributed by atoms with Gasteiger partial charge < -0.3 is 14.4 Å². The minimum Gasteiger partial charge on any atom is -0.454 e. The number of aryl methyl sites for hydroxylation is 2. The minimum absolute atomic E-state index is 0.160. The van der Waals surface area contributed by atoms with Crippen molar-refractivity contribution in [3.8, 4) is 11.5 Å². The molecule has 1 saturated heterocycles.